The van der Waals surface area contributed by atoms with E-state index in [1.165, 1.54) is 11.1 Å². The maximum atomic E-state index is 13.3. The molecular weight excluding hydrogens is 547 g/mol. The average Bonchev–Trinajstić information content (AvgIpc) is 3.18. The number of hydrogen-bond donors (Lipinski definition) is 2. The van der Waals surface area contributed by atoms with Gasteiger partial charge in [0.25, 0.3) is 0 Å². The Hall–Kier alpha value is -1.22. The number of aliphatic hydroxyl groups is 1. The Morgan fingerprint density at radius 1 is 1.15 bits per heavy atom. The summed E-state index contributed by atoms with van der Waals surface area (Å²) < 4.78 is 76.7. The quantitative estimate of drug-likeness (QED) is 0.255. The molecule has 3 aliphatic rings. The zero-order chi connectivity index (χ0) is 29.5. The minimum absolute atomic E-state index is 0.0629. The van der Waals surface area contributed by atoms with Crippen LogP contribution in [0.1, 0.15) is 102 Å². The third-order valence-corrected chi connectivity index (χ3v) is 12.6. The van der Waals surface area contributed by atoms with Crippen molar-refractivity contribution in [2.24, 2.45) is 29.1 Å². The Labute approximate surface area is 237 Å². The summed E-state index contributed by atoms with van der Waals surface area (Å²) in [7, 11) is -1.46. The van der Waals surface area contributed by atoms with E-state index in [1.807, 2.05) is 13.0 Å². The molecule has 0 amide bonds. The SMILES string of the molecule is CCC(CC(C)CCC1Cc2cc(O)ccc2C2CCC3(C)C(O)CCC3C12)S(=O)CCCC(F)(F)C(F)(F)F. The van der Waals surface area contributed by atoms with E-state index < -0.39 is 35.7 Å². The van der Waals surface area contributed by atoms with Gasteiger partial charge in [0.15, 0.2) is 0 Å². The molecule has 228 valence electrons. The van der Waals surface area contributed by atoms with Crippen molar-refractivity contribution < 1.29 is 36.4 Å². The molecule has 0 saturated heterocycles. The van der Waals surface area contributed by atoms with Crippen molar-refractivity contribution in [3.63, 3.8) is 0 Å². The van der Waals surface area contributed by atoms with E-state index in [0.717, 1.165) is 44.9 Å². The highest BCUT2D eigenvalue weighted by molar-refractivity contribution is 7.85. The molecule has 1 aromatic rings. The second-order valence-electron chi connectivity index (χ2n) is 13.1. The third-order valence-electron chi connectivity index (χ3n) is 10.6. The van der Waals surface area contributed by atoms with E-state index >= 15 is 0 Å². The average molecular weight is 593 g/mol. The fraction of sp³-hybridized carbons (Fsp3) is 0.806. The van der Waals surface area contributed by atoms with Crippen LogP contribution >= 0.6 is 0 Å². The first kappa shape index (κ1) is 31.7. The van der Waals surface area contributed by atoms with Gasteiger partial charge in [-0.3, -0.25) is 4.21 Å². The van der Waals surface area contributed by atoms with Crippen molar-refractivity contribution in [2.45, 2.75) is 121 Å². The molecule has 4 rings (SSSR count). The zero-order valence-electron chi connectivity index (χ0n) is 23.9. The topological polar surface area (TPSA) is 57.5 Å². The molecule has 1 aromatic carbocycles. The van der Waals surface area contributed by atoms with E-state index in [4.69, 9.17) is 0 Å². The van der Waals surface area contributed by atoms with Crippen LogP contribution in [0.2, 0.25) is 0 Å². The number of rotatable bonds is 11. The van der Waals surface area contributed by atoms with Crippen LogP contribution in [0.4, 0.5) is 22.0 Å². The molecule has 0 aliphatic heterocycles. The van der Waals surface area contributed by atoms with Gasteiger partial charge in [-0.25, -0.2) is 0 Å². The van der Waals surface area contributed by atoms with Crippen molar-refractivity contribution in [3.8, 4) is 5.75 Å². The van der Waals surface area contributed by atoms with Crippen LogP contribution in [0.5, 0.6) is 5.75 Å². The fourth-order valence-corrected chi connectivity index (χ4v) is 9.98. The zero-order valence-corrected chi connectivity index (χ0v) is 24.7. The summed E-state index contributed by atoms with van der Waals surface area (Å²) in [6, 6.07) is 5.77. The Morgan fingerprint density at radius 2 is 1.88 bits per heavy atom. The van der Waals surface area contributed by atoms with Crippen molar-refractivity contribution >= 4 is 10.8 Å². The lowest BCUT2D eigenvalue weighted by Crippen LogP contribution is -2.47. The van der Waals surface area contributed by atoms with Gasteiger partial charge in [0, 0.05) is 28.2 Å². The summed E-state index contributed by atoms with van der Waals surface area (Å²) in [5.41, 5.74) is 2.49. The van der Waals surface area contributed by atoms with E-state index in [1.54, 1.807) is 6.07 Å². The van der Waals surface area contributed by atoms with Gasteiger partial charge >= 0.3 is 12.1 Å². The second-order valence-corrected chi connectivity index (χ2v) is 15.0. The lowest BCUT2D eigenvalue weighted by molar-refractivity contribution is -0.284. The van der Waals surface area contributed by atoms with Gasteiger partial charge in [-0.05, 0) is 116 Å². The predicted octanol–water partition coefficient (Wildman–Crippen LogP) is 8.15. The predicted molar refractivity (Wildman–Crippen MR) is 148 cm³/mol. The molecule has 0 heterocycles. The Balaban J connectivity index is 1.39. The number of fused-ring (bicyclic) bond motifs is 5. The van der Waals surface area contributed by atoms with Crippen LogP contribution in [0.15, 0.2) is 18.2 Å². The third kappa shape index (κ3) is 6.40. The lowest BCUT2D eigenvalue weighted by atomic mass is 9.52. The van der Waals surface area contributed by atoms with Crippen LogP contribution in [0, 0.1) is 29.1 Å². The standard InChI is InChI=1S/C31H45F5O3S/c1-4-23(40(39)15-5-13-30(32,33)31(34,35)36)16-19(2)6-7-20-17-21-18-22(37)8-9-24(21)25-12-14-29(3)26(28(20)25)10-11-27(29)38/h8-9,18-20,23,25-28,37-38H,4-7,10-17H2,1-3H3. The molecule has 0 bridgehead atoms. The highest BCUT2D eigenvalue weighted by Crippen LogP contribution is 2.62. The van der Waals surface area contributed by atoms with Crippen LogP contribution < -0.4 is 0 Å². The highest BCUT2D eigenvalue weighted by atomic mass is 32.2. The van der Waals surface area contributed by atoms with E-state index in [9.17, 15) is 36.4 Å². The Morgan fingerprint density at radius 3 is 2.55 bits per heavy atom. The monoisotopic (exact) mass is 592 g/mol. The van der Waals surface area contributed by atoms with Gasteiger partial charge in [0.1, 0.15) is 5.75 Å². The van der Waals surface area contributed by atoms with Gasteiger partial charge in [0.05, 0.1) is 6.10 Å². The van der Waals surface area contributed by atoms with Gasteiger partial charge in [-0.15, -0.1) is 0 Å². The van der Waals surface area contributed by atoms with Crippen LogP contribution in [0.25, 0.3) is 0 Å². The van der Waals surface area contributed by atoms with Crippen LogP contribution in [-0.2, 0) is 17.2 Å². The molecule has 3 aliphatic carbocycles. The summed E-state index contributed by atoms with van der Waals surface area (Å²) in [5, 5.41) is 20.8. The minimum atomic E-state index is -5.57. The first-order chi connectivity index (χ1) is 18.7. The van der Waals surface area contributed by atoms with Gasteiger partial charge in [-0.1, -0.05) is 33.3 Å². The van der Waals surface area contributed by atoms with Crippen LogP contribution in [-0.4, -0.2) is 43.6 Å². The largest absolute Gasteiger partial charge is 0.508 e. The number of aliphatic hydroxyl groups excluding tert-OH is 1. The molecule has 2 fully saturated rings. The minimum Gasteiger partial charge on any atom is -0.508 e. The molecular formula is C31H45F5O3S. The smallest absolute Gasteiger partial charge is 0.453 e. The van der Waals surface area contributed by atoms with E-state index in [2.05, 4.69) is 19.9 Å². The summed E-state index contributed by atoms with van der Waals surface area (Å²) in [4.78, 5) is 0. The summed E-state index contributed by atoms with van der Waals surface area (Å²) in [6.07, 6.45) is 0.321. The van der Waals surface area contributed by atoms with E-state index in [0.29, 0.717) is 36.5 Å². The number of aromatic hydroxyl groups is 1. The maximum absolute atomic E-state index is 13.3. The molecule has 9 heteroatoms. The molecule has 3 nitrogen and oxygen atoms in total. The molecule has 40 heavy (non-hydrogen) atoms. The molecule has 9 unspecified atom stereocenters. The Bertz CT molecular complexity index is 1050. The molecule has 2 saturated carbocycles. The van der Waals surface area contributed by atoms with Gasteiger partial charge in [-0.2, -0.15) is 22.0 Å². The molecule has 0 spiro atoms. The summed E-state index contributed by atoms with van der Waals surface area (Å²) in [6.45, 7) is 6.26. The number of halogens is 5. The molecule has 0 radical (unpaired) electrons. The van der Waals surface area contributed by atoms with Crippen LogP contribution in [0.3, 0.4) is 0 Å². The fourth-order valence-electron chi connectivity index (χ4n) is 8.30. The molecule has 2 N–H and O–H groups in total. The summed E-state index contributed by atoms with van der Waals surface area (Å²) >= 11 is 0. The number of alkyl halides is 5. The number of benzene rings is 1. The van der Waals surface area contributed by atoms with Crippen molar-refractivity contribution in [1.82, 2.24) is 0 Å². The van der Waals surface area contributed by atoms with Crippen molar-refractivity contribution in [1.29, 1.82) is 0 Å². The summed E-state index contributed by atoms with van der Waals surface area (Å²) in [5.74, 6) is -2.64. The Kier molecular flexibility index (Phi) is 9.65. The first-order valence-electron chi connectivity index (χ1n) is 15.0. The highest BCUT2D eigenvalue weighted by Gasteiger charge is 2.57. The number of hydrogen-bond acceptors (Lipinski definition) is 3. The lowest BCUT2D eigenvalue weighted by Gasteiger charge is -2.53. The van der Waals surface area contributed by atoms with Gasteiger partial charge < -0.3 is 10.2 Å². The van der Waals surface area contributed by atoms with Crippen molar-refractivity contribution in [2.75, 3.05) is 5.75 Å². The molecule has 0 aromatic heterocycles. The maximum Gasteiger partial charge on any atom is 0.453 e. The van der Waals surface area contributed by atoms with Gasteiger partial charge in [0.2, 0.25) is 0 Å². The normalized spacial score (nSPS) is 32.6. The van der Waals surface area contributed by atoms with Crippen molar-refractivity contribution in [3.05, 3.63) is 29.3 Å². The van der Waals surface area contributed by atoms with E-state index in [-0.39, 0.29) is 34.2 Å². The molecule has 9 atom stereocenters. The number of phenolic OH excluding ortho intramolecular Hbond substituents is 1. The first-order valence-corrected chi connectivity index (χ1v) is 16.4. The second kappa shape index (κ2) is 12.2. The number of phenols is 1.